The molecule has 3 heteroatoms. The van der Waals surface area contributed by atoms with Crippen molar-refractivity contribution in [2.45, 2.75) is 25.9 Å². The van der Waals surface area contributed by atoms with Crippen molar-refractivity contribution in [3.63, 3.8) is 0 Å². The number of hydrogen-bond acceptors (Lipinski definition) is 3. The van der Waals surface area contributed by atoms with Crippen molar-refractivity contribution in [1.82, 2.24) is 9.88 Å². The lowest BCUT2D eigenvalue weighted by Crippen LogP contribution is -2.13. The number of pyridine rings is 1. The minimum absolute atomic E-state index is 0.396. The van der Waals surface area contributed by atoms with Gasteiger partial charge >= 0.3 is 0 Å². The van der Waals surface area contributed by atoms with Crippen LogP contribution in [0.1, 0.15) is 31.4 Å². The smallest absolute Gasteiger partial charge is 0.0805 e. The third kappa shape index (κ3) is 4.45. The first-order chi connectivity index (χ1) is 7.74. The van der Waals surface area contributed by atoms with Crippen LogP contribution in [0.3, 0.4) is 0 Å². The largest absolute Gasteiger partial charge is 0.388 e. The molecule has 3 nitrogen and oxygen atoms in total. The van der Waals surface area contributed by atoms with Gasteiger partial charge in [0.2, 0.25) is 0 Å². The highest BCUT2D eigenvalue weighted by Gasteiger charge is 2.06. The van der Waals surface area contributed by atoms with Crippen molar-refractivity contribution in [3.05, 3.63) is 42.4 Å². The van der Waals surface area contributed by atoms with E-state index < -0.39 is 6.10 Å². The van der Waals surface area contributed by atoms with E-state index in [0.29, 0.717) is 0 Å². The molecule has 0 fully saturated rings. The van der Waals surface area contributed by atoms with Crippen molar-refractivity contribution in [2.24, 2.45) is 0 Å². The van der Waals surface area contributed by atoms with Crippen LogP contribution in [0.4, 0.5) is 0 Å². The molecule has 1 atom stereocenters. The predicted molar refractivity (Wildman–Crippen MR) is 65.9 cm³/mol. The minimum atomic E-state index is -0.396. The molecule has 0 aliphatic rings. The van der Waals surface area contributed by atoms with Gasteiger partial charge in [-0.25, -0.2) is 0 Å². The van der Waals surface area contributed by atoms with E-state index in [0.717, 1.165) is 24.9 Å². The maximum atomic E-state index is 9.89. The van der Waals surface area contributed by atoms with E-state index in [1.807, 2.05) is 38.4 Å². The first-order valence-corrected chi connectivity index (χ1v) is 5.65. The Labute approximate surface area is 97.4 Å². The van der Waals surface area contributed by atoms with E-state index in [2.05, 4.69) is 9.88 Å². The molecule has 0 unspecified atom stereocenters. The SMILES string of the molecule is C/C=C/N(C)CCC[C@H](O)c1cccnc1. The van der Waals surface area contributed by atoms with E-state index in [9.17, 15) is 5.11 Å². The second-order valence-corrected chi connectivity index (χ2v) is 3.91. The van der Waals surface area contributed by atoms with Gasteiger partial charge < -0.3 is 10.0 Å². The molecular weight excluding hydrogens is 200 g/mol. The van der Waals surface area contributed by atoms with E-state index in [-0.39, 0.29) is 0 Å². The zero-order valence-electron chi connectivity index (χ0n) is 10.0. The van der Waals surface area contributed by atoms with E-state index in [4.69, 9.17) is 0 Å². The topological polar surface area (TPSA) is 36.4 Å². The number of aliphatic hydroxyl groups is 1. The van der Waals surface area contributed by atoms with Gasteiger partial charge in [0.1, 0.15) is 0 Å². The molecule has 0 aliphatic heterocycles. The lowest BCUT2D eigenvalue weighted by molar-refractivity contribution is 0.161. The van der Waals surface area contributed by atoms with Gasteiger partial charge in [-0.05, 0) is 37.6 Å². The highest BCUT2D eigenvalue weighted by Crippen LogP contribution is 2.16. The third-order valence-corrected chi connectivity index (χ3v) is 2.46. The van der Waals surface area contributed by atoms with E-state index in [1.165, 1.54) is 0 Å². The number of nitrogens with zero attached hydrogens (tertiary/aromatic N) is 2. The number of hydrogen-bond donors (Lipinski definition) is 1. The van der Waals surface area contributed by atoms with Gasteiger partial charge in [-0.2, -0.15) is 0 Å². The quantitative estimate of drug-likeness (QED) is 0.799. The molecule has 1 aromatic rings. The molecule has 1 rings (SSSR count). The molecular formula is C13H20N2O. The summed E-state index contributed by atoms with van der Waals surface area (Å²) in [4.78, 5) is 6.12. The molecule has 0 bridgehead atoms. The molecule has 88 valence electrons. The molecule has 0 radical (unpaired) electrons. The summed E-state index contributed by atoms with van der Waals surface area (Å²) in [6.07, 6.45) is 8.84. The molecule has 0 spiro atoms. The summed E-state index contributed by atoms with van der Waals surface area (Å²) in [5.74, 6) is 0. The fourth-order valence-corrected chi connectivity index (χ4v) is 1.60. The van der Waals surface area contributed by atoms with Crippen molar-refractivity contribution >= 4 is 0 Å². The molecule has 0 saturated carbocycles. The van der Waals surface area contributed by atoms with Crippen molar-refractivity contribution in [2.75, 3.05) is 13.6 Å². The zero-order chi connectivity index (χ0) is 11.8. The Bertz CT molecular complexity index is 311. The van der Waals surface area contributed by atoms with Gasteiger partial charge in [-0.15, -0.1) is 0 Å². The molecule has 0 aliphatic carbocycles. The summed E-state index contributed by atoms with van der Waals surface area (Å²) in [6.45, 7) is 2.96. The molecule has 0 amide bonds. The Morgan fingerprint density at radius 2 is 2.38 bits per heavy atom. The van der Waals surface area contributed by atoms with Crippen LogP contribution in [0.2, 0.25) is 0 Å². The second kappa shape index (κ2) is 7.01. The first-order valence-electron chi connectivity index (χ1n) is 5.65. The number of allylic oxidation sites excluding steroid dienone is 1. The fraction of sp³-hybridized carbons (Fsp3) is 0.462. The van der Waals surface area contributed by atoms with Crippen LogP contribution in [0.15, 0.2) is 36.8 Å². The predicted octanol–water partition coefficient (Wildman–Crippen LogP) is 2.36. The lowest BCUT2D eigenvalue weighted by Gasteiger charge is -2.15. The maximum absolute atomic E-state index is 9.89. The summed E-state index contributed by atoms with van der Waals surface area (Å²) < 4.78 is 0. The third-order valence-electron chi connectivity index (χ3n) is 2.46. The molecule has 0 saturated heterocycles. The number of aromatic nitrogens is 1. The number of aliphatic hydroxyl groups excluding tert-OH is 1. The fourth-order valence-electron chi connectivity index (χ4n) is 1.60. The number of rotatable bonds is 6. The highest BCUT2D eigenvalue weighted by molar-refractivity contribution is 5.11. The van der Waals surface area contributed by atoms with Crippen molar-refractivity contribution in [3.8, 4) is 0 Å². The monoisotopic (exact) mass is 220 g/mol. The summed E-state index contributed by atoms with van der Waals surface area (Å²) >= 11 is 0. The van der Waals surface area contributed by atoms with Crippen LogP contribution >= 0.6 is 0 Å². The Morgan fingerprint density at radius 3 is 3.00 bits per heavy atom. The van der Waals surface area contributed by atoms with Crippen LogP contribution in [0.5, 0.6) is 0 Å². The molecule has 1 N–H and O–H groups in total. The first kappa shape index (κ1) is 12.7. The molecule has 1 aromatic heterocycles. The summed E-state index contributed by atoms with van der Waals surface area (Å²) in [5.41, 5.74) is 0.899. The molecule has 16 heavy (non-hydrogen) atoms. The maximum Gasteiger partial charge on any atom is 0.0805 e. The van der Waals surface area contributed by atoms with E-state index in [1.54, 1.807) is 12.4 Å². The van der Waals surface area contributed by atoms with Gasteiger partial charge in [0.25, 0.3) is 0 Å². The average molecular weight is 220 g/mol. The van der Waals surface area contributed by atoms with Crippen LogP contribution in [0.25, 0.3) is 0 Å². The molecule has 0 aromatic carbocycles. The minimum Gasteiger partial charge on any atom is -0.388 e. The van der Waals surface area contributed by atoms with Gasteiger partial charge in [0, 0.05) is 26.0 Å². The van der Waals surface area contributed by atoms with Gasteiger partial charge in [-0.1, -0.05) is 12.1 Å². The molecule has 1 heterocycles. The normalized spacial score (nSPS) is 12.9. The Kier molecular flexibility index (Phi) is 5.57. The van der Waals surface area contributed by atoms with Crippen LogP contribution in [-0.4, -0.2) is 28.6 Å². The second-order valence-electron chi connectivity index (χ2n) is 3.91. The summed E-state index contributed by atoms with van der Waals surface area (Å²) in [5, 5.41) is 9.89. The van der Waals surface area contributed by atoms with Crippen LogP contribution < -0.4 is 0 Å². The average Bonchev–Trinajstić information content (AvgIpc) is 2.30. The standard InChI is InChI=1S/C13H20N2O/c1-3-9-15(2)10-5-7-13(16)12-6-4-8-14-11-12/h3-4,6,8-9,11,13,16H,5,7,10H2,1-2H3/b9-3+/t13-/m0/s1. The van der Waals surface area contributed by atoms with Crippen molar-refractivity contribution in [1.29, 1.82) is 0 Å². The highest BCUT2D eigenvalue weighted by atomic mass is 16.3. The van der Waals surface area contributed by atoms with Crippen LogP contribution in [-0.2, 0) is 0 Å². The van der Waals surface area contributed by atoms with Gasteiger partial charge in [0.05, 0.1) is 6.10 Å². The zero-order valence-corrected chi connectivity index (χ0v) is 10.0. The Morgan fingerprint density at radius 1 is 1.56 bits per heavy atom. The van der Waals surface area contributed by atoms with Crippen molar-refractivity contribution < 1.29 is 5.11 Å². The Hall–Kier alpha value is -1.35. The lowest BCUT2D eigenvalue weighted by atomic mass is 10.1. The van der Waals surface area contributed by atoms with Gasteiger partial charge in [0.15, 0.2) is 0 Å². The van der Waals surface area contributed by atoms with Crippen LogP contribution in [0, 0.1) is 0 Å². The summed E-state index contributed by atoms with van der Waals surface area (Å²) in [6, 6.07) is 3.76. The Balaban J connectivity index is 2.28. The van der Waals surface area contributed by atoms with Gasteiger partial charge in [-0.3, -0.25) is 4.98 Å². The summed E-state index contributed by atoms with van der Waals surface area (Å²) in [7, 11) is 2.04. The van der Waals surface area contributed by atoms with E-state index >= 15 is 0 Å².